The molecule has 0 aliphatic heterocycles. The van der Waals surface area contributed by atoms with E-state index in [2.05, 4.69) is 4.98 Å². The van der Waals surface area contributed by atoms with Crippen molar-refractivity contribution in [2.45, 2.75) is 0 Å². The summed E-state index contributed by atoms with van der Waals surface area (Å²) < 4.78 is 17.9. The van der Waals surface area contributed by atoms with Crippen LogP contribution in [0.3, 0.4) is 0 Å². The van der Waals surface area contributed by atoms with E-state index in [4.69, 9.17) is 15.3 Å². The van der Waals surface area contributed by atoms with E-state index < -0.39 is 17.3 Å². The average molecular weight is 222 g/mol. The van der Waals surface area contributed by atoms with E-state index in [1.54, 1.807) is 0 Å². The molecule has 0 saturated carbocycles. The first kappa shape index (κ1) is 10.2. The largest absolute Gasteiger partial charge is 0.478 e. The third-order valence-corrected chi connectivity index (χ3v) is 2.01. The van der Waals surface area contributed by atoms with Crippen LogP contribution in [-0.2, 0) is 0 Å². The molecule has 0 aliphatic carbocycles. The van der Waals surface area contributed by atoms with E-state index in [0.717, 1.165) is 6.07 Å². The third kappa shape index (κ3) is 1.72. The summed E-state index contributed by atoms with van der Waals surface area (Å²) in [6.07, 6.45) is 1.27. The van der Waals surface area contributed by atoms with Crippen LogP contribution in [0.1, 0.15) is 10.4 Å². The lowest BCUT2D eigenvalue weighted by molar-refractivity contribution is 0.0692. The molecule has 82 valence electrons. The van der Waals surface area contributed by atoms with Crippen molar-refractivity contribution in [3.63, 3.8) is 0 Å². The monoisotopic (exact) mass is 222 g/mol. The molecule has 0 amide bonds. The summed E-state index contributed by atoms with van der Waals surface area (Å²) in [5.74, 6) is -2.14. The van der Waals surface area contributed by atoms with Gasteiger partial charge < -0.3 is 15.3 Å². The van der Waals surface area contributed by atoms with Gasteiger partial charge >= 0.3 is 5.97 Å². The fourth-order valence-electron chi connectivity index (χ4n) is 1.27. The van der Waals surface area contributed by atoms with Gasteiger partial charge in [-0.2, -0.15) is 4.98 Å². The molecule has 1 aromatic carbocycles. The minimum absolute atomic E-state index is 0.0313. The van der Waals surface area contributed by atoms with Crippen molar-refractivity contribution in [2.24, 2.45) is 0 Å². The van der Waals surface area contributed by atoms with E-state index >= 15 is 0 Å². The molecule has 16 heavy (non-hydrogen) atoms. The summed E-state index contributed by atoms with van der Waals surface area (Å²) in [6.45, 7) is 0. The van der Waals surface area contributed by atoms with Crippen LogP contribution in [0.2, 0.25) is 0 Å². The standard InChI is InChI=1S/C10H7FN2O3/c11-7-2-1-5(3-6(7)9(14)15)8-4-16-10(12)13-8/h1-4H,(H2,12,13)(H,14,15). The van der Waals surface area contributed by atoms with Gasteiger partial charge in [0.15, 0.2) is 0 Å². The zero-order valence-electron chi connectivity index (χ0n) is 7.98. The Morgan fingerprint density at radius 2 is 2.25 bits per heavy atom. The molecule has 0 unspecified atom stereocenters. The number of halogens is 1. The highest BCUT2D eigenvalue weighted by Gasteiger charge is 2.13. The molecule has 0 aliphatic rings. The number of nitrogen functional groups attached to an aromatic ring is 1. The van der Waals surface area contributed by atoms with Gasteiger partial charge in [0.25, 0.3) is 6.01 Å². The molecule has 0 radical (unpaired) electrons. The number of rotatable bonds is 2. The number of aromatic nitrogens is 1. The highest BCUT2D eigenvalue weighted by molar-refractivity contribution is 5.89. The maximum absolute atomic E-state index is 13.1. The number of anilines is 1. The Kier molecular flexibility index (Phi) is 2.32. The molecule has 0 saturated heterocycles. The number of benzene rings is 1. The van der Waals surface area contributed by atoms with Crippen molar-refractivity contribution >= 4 is 12.0 Å². The Bertz CT molecular complexity index is 551. The molecule has 2 aromatic rings. The van der Waals surface area contributed by atoms with Gasteiger partial charge in [-0.25, -0.2) is 9.18 Å². The average Bonchev–Trinajstić information content (AvgIpc) is 2.65. The first-order valence-electron chi connectivity index (χ1n) is 4.32. The summed E-state index contributed by atoms with van der Waals surface area (Å²) in [4.78, 5) is 14.5. The summed E-state index contributed by atoms with van der Waals surface area (Å²) in [5, 5.41) is 8.73. The van der Waals surface area contributed by atoms with Crippen molar-refractivity contribution in [3.05, 3.63) is 35.8 Å². The second-order valence-electron chi connectivity index (χ2n) is 3.07. The Balaban J connectivity index is 2.51. The SMILES string of the molecule is Nc1nc(-c2ccc(F)c(C(=O)O)c2)co1. The van der Waals surface area contributed by atoms with Crippen LogP contribution < -0.4 is 5.73 Å². The number of hydrogen-bond donors (Lipinski definition) is 2. The molecule has 1 heterocycles. The van der Waals surface area contributed by atoms with Gasteiger partial charge in [0, 0.05) is 5.56 Å². The number of nitrogens with two attached hydrogens (primary N) is 1. The van der Waals surface area contributed by atoms with E-state index in [-0.39, 0.29) is 6.01 Å². The summed E-state index contributed by atoms with van der Waals surface area (Å²) in [7, 11) is 0. The van der Waals surface area contributed by atoms with Gasteiger partial charge in [0.05, 0.1) is 5.56 Å². The Hall–Kier alpha value is -2.37. The molecule has 0 bridgehead atoms. The van der Waals surface area contributed by atoms with Crippen LogP contribution in [0.4, 0.5) is 10.4 Å². The predicted octanol–water partition coefficient (Wildman–Crippen LogP) is 1.76. The van der Waals surface area contributed by atoms with Gasteiger partial charge in [-0.1, -0.05) is 0 Å². The number of hydrogen-bond acceptors (Lipinski definition) is 4. The molecular formula is C10H7FN2O3. The highest BCUT2D eigenvalue weighted by atomic mass is 19.1. The molecule has 0 fully saturated rings. The second kappa shape index (κ2) is 3.65. The molecule has 3 N–H and O–H groups in total. The van der Waals surface area contributed by atoms with E-state index in [1.807, 2.05) is 0 Å². The van der Waals surface area contributed by atoms with Crippen LogP contribution in [0.25, 0.3) is 11.3 Å². The highest BCUT2D eigenvalue weighted by Crippen LogP contribution is 2.22. The van der Waals surface area contributed by atoms with E-state index in [0.29, 0.717) is 11.3 Å². The molecule has 6 heteroatoms. The van der Waals surface area contributed by atoms with Crippen LogP contribution in [0.5, 0.6) is 0 Å². The third-order valence-electron chi connectivity index (χ3n) is 2.01. The number of carboxylic acids is 1. The number of carbonyl (C=O) groups is 1. The van der Waals surface area contributed by atoms with Crippen molar-refractivity contribution in [3.8, 4) is 11.3 Å². The van der Waals surface area contributed by atoms with Crippen LogP contribution >= 0.6 is 0 Å². The fourth-order valence-corrected chi connectivity index (χ4v) is 1.27. The lowest BCUT2D eigenvalue weighted by Crippen LogP contribution is -2.00. The van der Waals surface area contributed by atoms with Crippen molar-refractivity contribution in [1.29, 1.82) is 0 Å². The van der Waals surface area contributed by atoms with Crippen molar-refractivity contribution in [2.75, 3.05) is 5.73 Å². The van der Waals surface area contributed by atoms with Crippen LogP contribution in [0, 0.1) is 5.82 Å². The van der Waals surface area contributed by atoms with Crippen molar-refractivity contribution < 1.29 is 18.7 Å². The predicted molar refractivity (Wildman–Crippen MR) is 53.3 cm³/mol. The van der Waals surface area contributed by atoms with Gasteiger partial charge in [-0.05, 0) is 18.2 Å². The Morgan fingerprint density at radius 1 is 1.50 bits per heavy atom. The molecular weight excluding hydrogens is 215 g/mol. The normalized spacial score (nSPS) is 10.3. The topological polar surface area (TPSA) is 89.3 Å². The van der Waals surface area contributed by atoms with Crippen LogP contribution in [0.15, 0.2) is 28.9 Å². The molecule has 2 rings (SSSR count). The molecule has 0 spiro atoms. The smallest absolute Gasteiger partial charge is 0.338 e. The quantitative estimate of drug-likeness (QED) is 0.808. The zero-order valence-corrected chi connectivity index (χ0v) is 7.98. The second-order valence-corrected chi connectivity index (χ2v) is 3.07. The Labute approximate surface area is 89.3 Å². The molecule has 5 nitrogen and oxygen atoms in total. The lowest BCUT2D eigenvalue weighted by atomic mass is 10.1. The molecule has 0 atom stereocenters. The van der Waals surface area contributed by atoms with Crippen LogP contribution in [-0.4, -0.2) is 16.1 Å². The summed E-state index contributed by atoms with van der Waals surface area (Å²) in [5.41, 5.74) is 5.65. The minimum Gasteiger partial charge on any atom is -0.478 e. The number of nitrogens with zero attached hydrogens (tertiary/aromatic N) is 1. The first-order chi connectivity index (χ1) is 7.58. The zero-order chi connectivity index (χ0) is 11.7. The number of carboxylic acid groups (broad SMARTS) is 1. The minimum atomic E-state index is -1.34. The maximum atomic E-state index is 13.1. The van der Waals surface area contributed by atoms with Gasteiger partial charge in [0.1, 0.15) is 17.8 Å². The summed E-state index contributed by atoms with van der Waals surface area (Å²) in [6, 6.07) is 3.61. The van der Waals surface area contributed by atoms with Crippen molar-refractivity contribution in [1.82, 2.24) is 4.98 Å². The van der Waals surface area contributed by atoms with E-state index in [9.17, 15) is 9.18 Å². The molecule has 1 aromatic heterocycles. The fraction of sp³-hybridized carbons (Fsp3) is 0. The number of aromatic carboxylic acids is 1. The van der Waals surface area contributed by atoms with Gasteiger partial charge in [-0.3, -0.25) is 0 Å². The van der Waals surface area contributed by atoms with Gasteiger partial charge in [-0.15, -0.1) is 0 Å². The lowest BCUT2D eigenvalue weighted by Gasteiger charge is -2.00. The maximum Gasteiger partial charge on any atom is 0.338 e. The number of oxazole rings is 1. The van der Waals surface area contributed by atoms with Gasteiger partial charge in [0.2, 0.25) is 0 Å². The first-order valence-corrected chi connectivity index (χ1v) is 4.32. The van der Waals surface area contributed by atoms with E-state index in [1.165, 1.54) is 18.4 Å². The Morgan fingerprint density at radius 3 is 2.81 bits per heavy atom. The summed E-state index contributed by atoms with van der Waals surface area (Å²) >= 11 is 0.